The Morgan fingerprint density at radius 1 is 1.11 bits per heavy atom. The largest absolute Gasteiger partial charge is 0.481 e. The highest BCUT2D eigenvalue weighted by molar-refractivity contribution is 5.84. The maximum absolute atomic E-state index is 12.3. The molecule has 0 aromatic rings. The minimum atomic E-state index is -0.803. The van der Waals surface area contributed by atoms with Crippen LogP contribution in [0.5, 0.6) is 0 Å². The molecule has 4 heteroatoms. The number of aliphatic carboxylic acids is 1. The first-order valence-corrected chi connectivity index (χ1v) is 7.15. The van der Waals surface area contributed by atoms with Crippen molar-refractivity contribution >= 4 is 11.9 Å². The number of nitrogens with one attached hydrogen (secondary N) is 1. The molecule has 0 aliphatic heterocycles. The molecule has 4 nitrogen and oxygen atoms in total. The molecule has 2 N–H and O–H groups in total. The molecule has 1 amide bonds. The van der Waals surface area contributed by atoms with E-state index in [2.05, 4.69) is 5.32 Å². The molecule has 3 fully saturated rings. The molecule has 0 aromatic heterocycles. The Hall–Kier alpha value is -1.06. The smallest absolute Gasteiger partial charge is 0.305 e. The first-order chi connectivity index (χ1) is 8.61. The third-order valence-corrected chi connectivity index (χ3v) is 5.15. The molecule has 0 saturated heterocycles. The Kier molecular flexibility index (Phi) is 2.83. The summed E-state index contributed by atoms with van der Waals surface area (Å²) in [5.74, 6) is 0.719. The highest BCUT2D eigenvalue weighted by Gasteiger charge is 2.56. The topological polar surface area (TPSA) is 66.4 Å². The predicted molar refractivity (Wildman–Crippen MR) is 65.9 cm³/mol. The van der Waals surface area contributed by atoms with Crippen molar-refractivity contribution in [1.82, 2.24) is 5.32 Å². The van der Waals surface area contributed by atoms with E-state index >= 15 is 0 Å². The number of amides is 1. The summed E-state index contributed by atoms with van der Waals surface area (Å²) in [7, 11) is 0. The van der Waals surface area contributed by atoms with Crippen molar-refractivity contribution in [3.63, 3.8) is 0 Å². The number of hydrogen-bond donors (Lipinski definition) is 2. The van der Waals surface area contributed by atoms with Gasteiger partial charge in [-0.1, -0.05) is 12.8 Å². The van der Waals surface area contributed by atoms with Crippen LogP contribution >= 0.6 is 0 Å². The van der Waals surface area contributed by atoms with E-state index in [1.165, 1.54) is 25.7 Å². The number of rotatable bonds is 4. The van der Waals surface area contributed by atoms with Gasteiger partial charge in [-0.2, -0.15) is 0 Å². The van der Waals surface area contributed by atoms with Gasteiger partial charge in [-0.15, -0.1) is 0 Å². The summed E-state index contributed by atoms with van der Waals surface area (Å²) in [6, 6.07) is 0. The molecule has 0 aromatic carbocycles. The lowest BCUT2D eigenvalue weighted by molar-refractivity contribution is -0.140. The first-order valence-electron chi connectivity index (χ1n) is 7.15. The zero-order valence-corrected chi connectivity index (χ0v) is 10.7. The van der Waals surface area contributed by atoms with E-state index in [4.69, 9.17) is 5.11 Å². The van der Waals surface area contributed by atoms with Gasteiger partial charge in [0.2, 0.25) is 5.91 Å². The zero-order valence-electron chi connectivity index (χ0n) is 10.7. The van der Waals surface area contributed by atoms with E-state index in [0.29, 0.717) is 11.8 Å². The van der Waals surface area contributed by atoms with Crippen molar-refractivity contribution in [3.05, 3.63) is 0 Å². The second-order valence-electron chi connectivity index (χ2n) is 6.33. The third kappa shape index (κ3) is 2.02. The molecule has 18 heavy (non-hydrogen) atoms. The van der Waals surface area contributed by atoms with Gasteiger partial charge < -0.3 is 10.4 Å². The van der Waals surface area contributed by atoms with Gasteiger partial charge in [0, 0.05) is 5.92 Å². The van der Waals surface area contributed by atoms with Crippen LogP contribution in [-0.2, 0) is 9.59 Å². The average molecular weight is 251 g/mol. The van der Waals surface area contributed by atoms with Crippen LogP contribution in [0.4, 0.5) is 0 Å². The minimum absolute atomic E-state index is 0.0841. The highest BCUT2D eigenvalue weighted by atomic mass is 16.4. The van der Waals surface area contributed by atoms with E-state index in [-0.39, 0.29) is 18.2 Å². The summed E-state index contributed by atoms with van der Waals surface area (Å²) in [6.07, 6.45) is 7.66. The van der Waals surface area contributed by atoms with Crippen molar-refractivity contribution in [2.45, 2.75) is 56.9 Å². The van der Waals surface area contributed by atoms with Crippen LogP contribution in [0.1, 0.15) is 51.4 Å². The number of fused-ring (bicyclic) bond motifs is 1. The van der Waals surface area contributed by atoms with Crippen LogP contribution < -0.4 is 5.32 Å². The number of carbonyl (C=O) groups excluding carboxylic acids is 1. The average Bonchev–Trinajstić information content (AvgIpc) is 2.99. The maximum Gasteiger partial charge on any atom is 0.305 e. The molecule has 3 saturated carbocycles. The molecule has 3 rings (SSSR count). The highest BCUT2D eigenvalue weighted by Crippen LogP contribution is 2.55. The first kappa shape index (κ1) is 12.0. The normalized spacial score (nSPS) is 36.1. The lowest BCUT2D eigenvalue weighted by atomic mass is 9.74. The maximum atomic E-state index is 12.3. The van der Waals surface area contributed by atoms with Crippen molar-refractivity contribution in [2.24, 2.45) is 17.8 Å². The van der Waals surface area contributed by atoms with Crippen molar-refractivity contribution < 1.29 is 14.7 Å². The second-order valence-corrected chi connectivity index (χ2v) is 6.33. The number of carbonyl (C=O) groups is 2. The van der Waals surface area contributed by atoms with Gasteiger partial charge in [0.1, 0.15) is 0 Å². The van der Waals surface area contributed by atoms with E-state index < -0.39 is 11.5 Å². The molecule has 2 atom stereocenters. The lowest BCUT2D eigenvalue weighted by Crippen LogP contribution is -2.55. The summed E-state index contributed by atoms with van der Waals surface area (Å²) in [5.41, 5.74) is -0.422. The van der Waals surface area contributed by atoms with E-state index in [0.717, 1.165) is 19.3 Å². The summed E-state index contributed by atoms with van der Waals surface area (Å²) < 4.78 is 0. The molecule has 0 unspecified atom stereocenters. The summed E-state index contributed by atoms with van der Waals surface area (Å²) >= 11 is 0. The van der Waals surface area contributed by atoms with Gasteiger partial charge in [0.15, 0.2) is 0 Å². The quantitative estimate of drug-likeness (QED) is 0.802. The standard InChI is InChI=1S/C14H21NO3/c16-11(17)8-14(6-3-7-14)15-13(18)12-9-4-1-2-5-10(9)12/h9-10,12H,1-8H2,(H,15,18)(H,16,17)/t9-,10-/m1/s1. The van der Waals surface area contributed by atoms with Gasteiger partial charge in [-0.05, 0) is 43.9 Å². The van der Waals surface area contributed by atoms with Crippen LogP contribution in [0.2, 0.25) is 0 Å². The SMILES string of the molecule is O=C(O)CC1(NC(=O)C2[C@@H]3CCCC[C@@H]23)CCC1. The van der Waals surface area contributed by atoms with Gasteiger partial charge in [0.05, 0.1) is 12.0 Å². The number of hydrogen-bond acceptors (Lipinski definition) is 2. The van der Waals surface area contributed by atoms with Crippen LogP contribution in [0, 0.1) is 17.8 Å². The number of carboxylic acids is 1. The minimum Gasteiger partial charge on any atom is -0.481 e. The van der Waals surface area contributed by atoms with Gasteiger partial charge in [-0.25, -0.2) is 0 Å². The Morgan fingerprint density at radius 3 is 2.17 bits per heavy atom. The van der Waals surface area contributed by atoms with Crippen LogP contribution in [0.3, 0.4) is 0 Å². The van der Waals surface area contributed by atoms with Crippen LogP contribution in [0.15, 0.2) is 0 Å². The molecule has 3 aliphatic rings. The molecule has 0 radical (unpaired) electrons. The van der Waals surface area contributed by atoms with E-state index in [1.54, 1.807) is 0 Å². The summed E-state index contributed by atoms with van der Waals surface area (Å²) in [6.45, 7) is 0. The summed E-state index contributed by atoms with van der Waals surface area (Å²) in [4.78, 5) is 23.1. The fourth-order valence-electron chi connectivity index (χ4n) is 3.96. The van der Waals surface area contributed by atoms with Crippen LogP contribution in [0.25, 0.3) is 0 Å². The van der Waals surface area contributed by atoms with E-state index in [9.17, 15) is 9.59 Å². The fourth-order valence-corrected chi connectivity index (χ4v) is 3.96. The Labute approximate surface area is 107 Å². The Bertz CT molecular complexity index is 363. The van der Waals surface area contributed by atoms with Gasteiger partial charge in [-0.3, -0.25) is 9.59 Å². The fraction of sp³-hybridized carbons (Fsp3) is 0.857. The molecule has 0 heterocycles. The van der Waals surface area contributed by atoms with Crippen LogP contribution in [-0.4, -0.2) is 22.5 Å². The monoisotopic (exact) mass is 251 g/mol. The molecule has 0 spiro atoms. The Balaban J connectivity index is 1.59. The number of carboxylic acid groups (broad SMARTS) is 1. The molecule has 3 aliphatic carbocycles. The molecular formula is C14H21NO3. The van der Waals surface area contributed by atoms with E-state index in [1.807, 2.05) is 0 Å². The molecular weight excluding hydrogens is 230 g/mol. The molecule has 100 valence electrons. The second kappa shape index (κ2) is 4.25. The summed E-state index contributed by atoms with van der Waals surface area (Å²) in [5, 5.41) is 12.0. The van der Waals surface area contributed by atoms with Gasteiger partial charge >= 0.3 is 5.97 Å². The third-order valence-electron chi connectivity index (χ3n) is 5.15. The van der Waals surface area contributed by atoms with Gasteiger partial charge in [0.25, 0.3) is 0 Å². The van der Waals surface area contributed by atoms with Crippen molar-refractivity contribution in [1.29, 1.82) is 0 Å². The van der Waals surface area contributed by atoms with Crippen molar-refractivity contribution in [3.8, 4) is 0 Å². The molecule has 0 bridgehead atoms. The van der Waals surface area contributed by atoms with Crippen molar-refractivity contribution in [2.75, 3.05) is 0 Å². The predicted octanol–water partition coefficient (Wildman–Crippen LogP) is 1.94. The zero-order chi connectivity index (χ0) is 12.8. The lowest BCUT2D eigenvalue weighted by Gasteiger charge is -2.41. The Morgan fingerprint density at radius 2 is 1.72 bits per heavy atom.